The Balaban J connectivity index is 1.44. The number of ether oxygens (including phenoxy) is 4. The Morgan fingerprint density at radius 3 is 2.29 bits per heavy atom. The zero-order valence-corrected chi connectivity index (χ0v) is 19.5. The summed E-state index contributed by atoms with van der Waals surface area (Å²) in [5.41, 5.74) is 0.225. The number of piperidine rings is 1. The van der Waals surface area contributed by atoms with E-state index in [1.807, 2.05) is 6.92 Å². The topological polar surface area (TPSA) is 150 Å². The Hall–Kier alpha value is -3.19. The molecule has 1 unspecified atom stereocenters. The van der Waals surface area contributed by atoms with Crippen LogP contribution in [0.25, 0.3) is 0 Å². The quantitative estimate of drug-likeness (QED) is 0.273. The number of rotatable bonds is 14. The number of nitrogens with zero attached hydrogens (tertiary/aromatic N) is 1. The molecule has 0 radical (unpaired) electrons. The van der Waals surface area contributed by atoms with Crippen molar-refractivity contribution >= 4 is 35.2 Å². The number of carbonyl (C=O) groups excluding carboxylic acids is 5. The van der Waals surface area contributed by atoms with E-state index in [-0.39, 0.29) is 49.5 Å². The zero-order chi connectivity index (χ0) is 25.2. The molecule has 1 aromatic rings. The van der Waals surface area contributed by atoms with E-state index in [9.17, 15) is 24.0 Å². The molecule has 12 heteroatoms. The molecule has 2 aliphatic rings. The van der Waals surface area contributed by atoms with Gasteiger partial charge in [0.2, 0.25) is 17.7 Å². The zero-order valence-electron chi connectivity index (χ0n) is 19.5. The van der Waals surface area contributed by atoms with Crippen LogP contribution in [-0.4, -0.2) is 93.3 Å². The van der Waals surface area contributed by atoms with Gasteiger partial charge in [-0.05, 0) is 25.5 Å². The van der Waals surface area contributed by atoms with E-state index in [1.54, 1.807) is 0 Å². The van der Waals surface area contributed by atoms with Crippen LogP contribution >= 0.6 is 0 Å². The molecule has 2 aliphatic heterocycles. The Bertz CT molecular complexity index is 966. The van der Waals surface area contributed by atoms with Crippen LogP contribution in [0.1, 0.15) is 40.5 Å². The molecule has 0 aliphatic carbocycles. The lowest BCUT2D eigenvalue weighted by Gasteiger charge is -2.27. The van der Waals surface area contributed by atoms with Gasteiger partial charge in [-0.25, -0.2) is 0 Å². The Labute approximate surface area is 202 Å². The van der Waals surface area contributed by atoms with E-state index in [2.05, 4.69) is 10.6 Å². The third-order valence-corrected chi connectivity index (χ3v) is 5.30. The summed E-state index contributed by atoms with van der Waals surface area (Å²) in [6, 6.07) is 3.39. The van der Waals surface area contributed by atoms with Crippen molar-refractivity contribution < 1.29 is 42.9 Å². The first kappa shape index (κ1) is 26.4. The fraction of sp³-hybridized carbons (Fsp3) is 0.522. The van der Waals surface area contributed by atoms with E-state index in [1.165, 1.54) is 18.2 Å². The van der Waals surface area contributed by atoms with E-state index in [0.717, 1.165) is 4.90 Å². The van der Waals surface area contributed by atoms with Gasteiger partial charge in [0, 0.05) is 13.0 Å². The highest BCUT2D eigenvalue weighted by atomic mass is 16.6. The van der Waals surface area contributed by atoms with E-state index >= 15 is 0 Å². The van der Waals surface area contributed by atoms with Gasteiger partial charge < -0.3 is 24.3 Å². The number of hydrogen-bond acceptors (Lipinski definition) is 9. The van der Waals surface area contributed by atoms with Crippen molar-refractivity contribution in [1.29, 1.82) is 0 Å². The van der Waals surface area contributed by atoms with Crippen molar-refractivity contribution in [1.82, 2.24) is 10.2 Å². The molecule has 0 aromatic heterocycles. The van der Waals surface area contributed by atoms with Gasteiger partial charge in [-0.3, -0.25) is 34.2 Å². The largest absolute Gasteiger partial charge is 0.379 e. The molecule has 1 saturated heterocycles. The first-order chi connectivity index (χ1) is 16.9. The third kappa shape index (κ3) is 6.92. The number of hydrogen-bond donors (Lipinski definition) is 2. The van der Waals surface area contributed by atoms with E-state index in [4.69, 9.17) is 18.9 Å². The second-order valence-electron chi connectivity index (χ2n) is 7.70. The molecule has 5 amide bonds. The smallest absolute Gasteiger partial charge is 0.264 e. The van der Waals surface area contributed by atoms with Crippen LogP contribution in [0.15, 0.2) is 18.2 Å². The molecule has 1 aromatic carbocycles. The molecule has 12 nitrogen and oxygen atoms in total. The van der Waals surface area contributed by atoms with Crippen LogP contribution in [0.5, 0.6) is 0 Å². The molecule has 190 valence electrons. The van der Waals surface area contributed by atoms with Crippen LogP contribution in [0, 0.1) is 0 Å². The normalized spacial score (nSPS) is 17.5. The van der Waals surface area contributed by atoms with Crippen LogP contribution in [0.4, 0.5) is 5.69 Å². The average Bonchev–Trinajstić information content (AvgIpc) is 3.08. The highest BCUT2D eigenvalue weighted by Gasteiger charge is 2.45. The van der Waals surface area contributed by atoms with Gasteiger partial charge in [-0.15, -0.1) is 0 Å². The van der Waals surface area contributed by atoms with Gasteiger partial charge in [-0.2, -0.15) is 0 Å². The van der Waals surface area contributed by atoms with Crippen molar-refractivity contribution in [2.24, 2.45) is 0 Å². The highest BCUT2D eigenvalue weighted by Crippen LogP contribution is 2.32. The van der Waals surface area contributed by atoms with Crippen LogP contribution in [-0.2, 0) is 33.3 Å². The average molecular weight is 491 g/mol. The number of carbonyl (C=O) groups is 5. The molecular weight excluding hydrogens is 462 g/mol. The van der Waals surface area contributed by atoms with Gasteiger partial charge in [0.05, 0.1) is 56.5 Å². The number of nitrogens with one attached hydrogen (secondary N) is 2. The highest BCUT2D eigenvalue weighted by molar-refractivity contribution is 6.26. The fourth-order valence-electron chi connectivity index (χ4n) is 3.67. The summed E-state index contributed by atoms with van der Waals surface area (Å²) in [5.74, 6) is -3.02. The number of amides is 5. The van der Waals surface area contributed by atoms with Gasteiger partial charge in [0.25, 0.3) is 11.8 Å². The lowest BCUT2D eigenvalue weighted by atomic mass is 10.0. The molecule has 0 bridgehead atoms. The van der Waals surface area contributed by atoms with Crippen molar-refractivity contribution in [2.75, 3.05) is 58.2 Å². The summed E-state index contributed by atoms with van der Waals surface area (Å²) < 4.78 is 21.1. The van der Waals surface area contributed by atoms with Crippen molar-refractivity contribution in [3.63, 3.8) is 0 Å². The maximum atomic E-state index is 13.0. The molecule has 0 spiro atoms. The fourth-order valence-corrected chi connectivity index (χ4v) is 3.67. The number of anilines is 1. The molecule has 0 saturated carbocycles. The Morgan fingerprint density at radius 2 is 1.63 bits per heavy atom. The van der Waals surface area contributed by atoms with Gasteiger partial charge >= 0.3 is 0 Å². The molecule has 2 heterocycles. The summed E-state index contributed by atoms with van der Waals surface area (Å²) in [7, 11) is 0. The summed E-state index contributed by atoms with van der Waals surface area (Å²) in [5, 5.41) is 4.72. The maximum absolute atomic E-state index is 13.0. The first-order valence-corrected chi connectivity index (χ1v) is 11.4. The maximum Gasteiger partial charge on any atom is 0.264 e. The van der Waals surface area contributed by atoms with Crippen molar-refractivity contribution in [2.45, 2.75) is 25.8 Å². The molecule has 3 rings (SSSR count). The van der Waals surface area contributed by atoms with Gasteiger partial charge in [0.15, 0.2) is 0 Å². The summed E-state index contributed by atoms with van der Waals surface area (Å²) in [6.07, 6.45) is 0.0720. The molecule has 1 atom stereocenters. The number of fused-ring (bicyclic) bond motifs is 1. The summed E-state index contributed by atoms with van der Waals surface area (Å²) in [4.78, 5) is 62.6. The van der Waals surface area contributed by atoms with E-state index in [0.29, 0.717) is 33.0 Å². The predicted molar refractivity (Wildman–Crippen MR) is 121 cm³/mol. The van der Waals surface area contributed by atoms with E-state index < -0.39 is 35.6 Å². The summed E-state index contributed by atoms with van der Waals surface area (Å²) >= 11 is 0. The Kier molecular flexibility index (Phi) is 9.85. The second kappa shape index (κ2) is 13.0. The number of imide groups is 2. The Morgan fingerprint density at radius 1 is 0.971 bits per heavy atom. The van der Waals surface area contributed by atoms with Crippen LogP contribution in [0.3, 0.4) is 0 Å². The standard InChI is InChI=1S/C23H29N3O9/c1-2-32-8-9-33-10-11-34-12-13-35-14-19(28)24-16-5-3-4-15-20(16)23(31)26(22(15)30)17-6-7-18(27)25-21(17)29/h3-5,17H,2,6-14H2,1H3,(H,24,28)(H,25,27,29). The first-order valence-electron chi connectivity index (χ1n) is 11.4. The minimum atomic E-state index is -1.08. The summed E-state index contributed by atoms with van der Waals surface area (Å²) in [6.45, 7) is 4.58. The minimum Gasteiger partial charge on any atom is -0.379 e. The minimum absolute atomic E-state index is 0.00298. The molecular formula is C23H29N3O9. The van der Waals surface area contributed by atoms with Gasteiger partial charge in [-0.1, -0.05) is 6.07 Å². The number of benzene rings is 1. The van der Waals surface area contributed by atoms with Crippen molar-refractivity contribution in [3.8, 4) is 0 Å². The third-order valence-electron chi connectivity index (χ3n) is 5.30. The molecule has 2 N–H and O–H groups in total. The lowest BCUT2D eigenvalue weighted by Crippen LogP contribution is -2.54. The molecule has 35 heavy (non-hydrogen) atoms. The SMILES string of the molecule is CCOCCOCCOCCOCC(=O)Nc1cccc2c1C(=O)N(C1CCC(=O)NC1=O)C2=O. The predicted octanol–water partition coefficient (Wildman–Crippen LogP) is 0.113. The van der Waals surface area contributed by atoms with Crippen LogP contribution < -0.4 is 10.6 Å². The van der Waals surface area contributed by atoms with Crippen molar-refractivity contribution in [3.05, 3.63) is 29.3 Å². The monoisotopic (exact) mass is 491 g/mol. The van der Waals surface area contributed by atoms with Gasteiger partial charge in [0.1, 0.15) is 12.6 Å². The lowest BCUT2D eigenvalue weighted by molar-refractivity contribution is -0.136. The molecule has 1 fully saturated rings. The second-order valence-corrected chi connectivity index (χ2v) is 7.70. The van der Waals surface area contributed by atoms with Crippen LogP contribution in [0.2, 0.25) is 0 Å².